The number of aromatic amines is 2. The number of amides is 1. The van der Waals surface area contributed by atoms with Crippen molar-refractivity contribution in [2.75, 3.05) is 13.2 Å². The summed E-state index contributed by atoms with van der Waals surface area (Å²) >= 11 is 0. The van der Waals surface area contributed by atoms with Crippen LogP contribution in [-0.2, 0) is 46.2 Å². The normalized spacial score (nSPS) is 16.5. The van der Waals surface area contributed by atoms with E-state index < -0.39 is 40.9 Å². The summed E-state index contributed by atoms with van der Waals surface area (Å²) in [4.78, 5) is 58.0. The van der Waals surface area contributed by atoms with Crippen LogP contribution < -0.4 is 5.32 Å². The van der Waals surface area contributed by atoms with Crippen LogP contribution in [0.5, 0.6) is 0 Å². The summed E-state index contributed by atoms with van der Waals surface area (Å²) in [5, 5.41) is 2.78. The highest BCUT2D eigenvalue weighted by molar-refractivity contribution is 6.01. The van der Waals surface area contributed by atoms with E-state index in [2.05, 4.69) is 67.8 Å². The molecule has 6 heterocycles. The van der Waals surface area contributed by atoms with Crippen molar-refractivity contribution in [1.29, 1.82) is 0 Å². The quantitative estimate of drug-likeness (QED) is 0.180. The van der Waals surface area contributed by atoms with Crippen molar-refractivity contribution in [3.63, 3.8) is 0 Å². The van der Waals surface area contributed by atoms with Gasteiger partial charge >= 0.3 is 11.9 Å². The van der Waals surface area contributed by atoms with Gasteiger partial charge in [0.25, 0.3) is 0 Å². The van der Waals surface area contributed by atoms with Gasteiger partial charge in [0.1, 0.15) is 17.2 Å². The Morgan fingerprint density at radius 2 is 1.47 bits per heavy atom. The van der Waals surface area contributed by atoms with Gasteiger partial charge in [-0.25, -0.2) is 14.8 Å². The van der Waals surface area contributed by atoms with Crippen LogP contribution in [0.25, 0.3) is 50.4 Å². The molecule has 0 aromatic carbocycles. The molecule has 3 aromatic heterocycles. The topological polar surface area (TPSA) is 158 Å². The molecule has 1 amide bonds. The minimum Gasteiger partial charge on any atom is -0.460 e. The van der Waals surface area contributed by atoms with Gasteiger partial charge in [-0.3, -0.25) is 9.59 Å². The van der Waals surface area contributed by atoms with E-state index in [9.17, 15) is 14.4 Å². The lowest BCUT2D eigenvalue weighted by atomic mass is 9.97. The molecule has 12 heteroatoms. The van der Waals surface area contributed by atoms with Gasteiger partial charge in [0, 0.05) is 51.6 Å². The molecule has 12 nitrogen and oxygen atoms in total. The Hall–Kier alpha value is -5.33. The molecule has 312 valence electrons. The average Bonchev–Trinajstić information content (AvgIpc) is 3.97. The Balaban J connectivity index is 1.37. The third kappa shape index (κ3) is 8.04. The number of allylic oxidation sites excluding steroid dienone is 3. The van der Waals surface area contributed by atoms with E-state index in [1.54, 1.807) is 41.5 Å². The number of esters is 2. The molecule has 3 aliphatic heterocycles. The molecule has 0 saturated carbocycles. The minimum absolute atomic E-state index is 0.00664. The zero-order chi connectivity index (χ0) is 42.8. The third-order valence-electron chi connectivity index (χ3n) is 11.3. The molecular formula is C47H57N5O7. The van der Waals surface area contributed by atoms with E-state index in [1.807, 2.05) is 13.0 Å². The maximum absolute atomic E-state index is 13.8. The van der Waals surface area contributed by atoms with Crippen molar-refractivity contribution in [2.24, 2.45) is 0 Å². The van der Waals surface area contributed by atoms with Crippen LogP contribution in [0.4, 0.5) is 0 Å². The highest BCUT2D eigenvalue weighted by atomic mass is 16.7. The number of carbonyl (C=O) groups is 3. The molecule has 7 rings (SSSR count). The first-order chi connectivity index (χ1) is 27.7. The molecule has 59 heavy (non-hydrogen) atoms. The number of nitrogens with one attached hydrogen (secondary N) is 3. The van der Waals surface area contributed by atoms with E-state index in [0.717, 1.165) is 90.2 Å². The van der Waals surface area contributed by atoms with Crippen molar-refractivity contribution in [3.8, 4) is 0 Å². The largest absolute Gasteiger partial charge is 0.460 e. The van der Waals surface area contributed by atoms with Crippen molar-refractivity contribution in [3.05, 3.63) is 75.4 Å². The first-order valence-electron chi connectivity index (χ1n) is 20.6. The van der Waals surface area contributed by atoms with Gasteiger partial charge in [-0.2, -0.15) is 0 Å². The maximum atomic E-state index is 13.8. The number of aromatic nitrogens is 4. The molecule has 1 spiro atoms. The fraction of sp³-hybridized carbons (Fsp3) is 0.468. The second kappa shape index (κ2) is 15.4. The number of aryl methyl sites for hydroxylation is 3. The molecule has 0 unspecified atom stereocenters. The van der Waals surface area contributed by atoms with Gasteiger partial charge in [-0.15, -0.1) is 0 Å². The summed E-state index contributed by atoms with van der Waals surface area (Å²) in [7, 11) is 0. The van der Waals surface area contributed by atoms with Crippen LogP contribution in [0.3, 0.4) is 0 Å². The zero-order valence-corrected chi connectivity index (χ0v) is 36.3. The summed E-state index contributed by atoms with van der Waals surface area (Å²) < 4.78 is 24.0. The fourth-order valence-electron chi connectivity index (χ4n) is 8.61. The van der Waals surface area contributed by atoms with E-state index >= 15 is 0 Å². The summed E-state index contributed by atoms with van der Waals surface area (Å²) in [6.07, 6.45) is 3.05. The Kier molecular flexibility index (Phi) is 10.9. The predicted molar refractivity (Wildman–Crippen MR) is 231 cm³/mol. The summed E-state index contributed by atoms with van der Waals surface area (Å²) in [5.41, 5.74) is 14.3. The van der Waals surface area contributed by atoms with Gasteiger partial charge in [0.05, 0.1) is 42.4 Å². The smallest absolute Gasteiger partial charge is 0.329 e. The second-order valence-electron chi connectivity index (χ2n) is 17.9. The van der Waals surface area contributed by atoms with Crippen molar-refractivity contribution in [1.82, 2.24) is 25.3 Å². The van der Waals surface area contributed by atoms with E-state index in [0.29, 0.717) is 19.6 Å². The first kappa shape index (κ1) is 41.8. The van der Waals surface area contributed by atoms with E-state index in [-0.39, 0.29) is 19.3 Å². The van der Waals surface area contributed by atoms with Crippen LogP contribution in [0.15, 0.2) is 24.8 Å². The van der Waals surface area contributed by atoms with Crippen molar-refractivity contribution in [2.45, 2.75) is 131 Å². The lowest BCUT2D eigenvalue weighted by Gasteiger charge is -2.25. The Morgan fingerprint density at radius 1 is 0.864 bits per heavy atom. The molecular weight excluding hydrogens is 747 g/mol. The summed E-state index contributed by atoms with van der Waals surface area (Å²) in [6, 6.07) is 5.08. The van der Waals surface area contributed by atoms with E-state index in [4.69, 9.17) is 28.9 Å². The van der Waals surface area contributed by atoms with Crippen LogP contribution in [-0.4, -0.2) is 74.0 Å². The average molecular weight is 804 g/mol. The summed E-state index contributed by atoms with van der Waals surface area (Å²) in [6.45, 7) is 26.0. The molecule has 3 aromatic rings. The number of carbonyl (C=O) groups excluding carboxylic acids is 3. The molecule has 1 fully saturated rings. The minimum atomic E-state index is -1.23. The van der Waals surface area contributed by atoms with Crippen LogP contribution in [0.1, 0.15) is 132 Å². The Bertz CT molecular complexity index is 2510. The number of hydrogen-bond acceptors (Lipinski definition) is 9. The fourth-order valence-corrected chi connectivity index (χ4v) is 8.61. The van der Waals surface area contributed by atoms with E-state index in [1.165, 1.54) is 11.1 Å². The standard InChI is InChI=1S/C47H57N5O7/c1-13-28-24(3)32-19-34-26(5)30(15-16-39(53)50-38(44(55)59-46(10,11)12)22-40(54)58-45(7,8)9)42(51-34)31-23-47(56-17-18-57-47)41-27(6)35(52-43(31)41)21-37-29(14-2)25(4)33(49-37)20-36(28)48-32/h13,19-21,38,48-49H,1,14-18,22-23H2,2-12H3,(H,50,53)/t38-/m0/s1. The maximum Gasteiger partial charge on any atom is 0.329 e. The molecule has 4 aliphatic rings. The summed E-state index contributed by atoms with van der Waals surface area (Å²) in [5.74, 6) is -2.75. The van der Waals surface area contributed by atoms with Crippen molar-refractivity contribution < 1.29 is 33.3 Å². The van der Waals surface area contributed by atoms with Crippen molar-refractivity contribution >= 4 is 68.3 Å². The van der Waals surface area contributed by atoms with Crippen LogP contribution in [0, 0.1) is 13.8 Å². The molecule has 1 atom stereocenters. The number of fused-ring (bicyclic) bond motifs is 9. The second-order valence-corrected chi connectivity index (χ2v) is 17.9. The zero-order valence-electron chi connectivity index (χ0n) is 36.3. The van der Waals surface area contributed by atoms with Crippen LogP contribution in [0.2, 0.25) is 0 Å². The molecule has 0 radical (unpaired) electrons. The lowest BCUT2D eigenvalue weighted by Crippen LogP contribution is -2.46. The molecule has 3 N–H and O–H groups in total. The highest BCUT2D eigenvalue weighted by Crippen LogP contribution is 2.52. The highest BCUT2D eigenvalue weighted by Gasteiger charge is 2.52. The van der Waals surface area contributed by atoms with Gasteiger partial charge in [0.2, 0.25) is 11.7 Å². The molecule has 8 bridgehead atoms. The monoisotopic (exact) mass is 803 g/mol. The first-order valence-corrected chi connectivity index (χ1v) is 20.6. The number of ether oxygens (including phenoxy) is 4. The third-order valence-corrected chi connectivity index (χ3v) is 11.3. The van der Waals surface area contributed by atoms with Gasteiger partial charge in [-0.05, 0) is 134 Å². The molecule has 1 saturated heterocycles. The number of nitrogens with zero attached hydrogens (tertiary/aromatic N) is 2. The number of rotatable bonds is 9. The predicted octanol–water partition coefficient (Wildman–Crippen LogP) is 8.64. The van der Waals surface area contributed by atoms with Gasteiger partial charge in [0.15, 0.2) is 0 Å². The Labute approximate surface area is 345 Å². The molecule has 1 aliphatic carbocycles. The van der Waals surface area contributed by atoms with Gasteiger partial charge in [-0.1, -0.05) is 19.6 Å². The van der Waals surface area contributed by atoms with Crippen LogP contribution >= 0.6 is 0 Å². The number of hydrogen-bond donors (Lipinski definition) is 3. The van der Waals surface area contributed by atoms with Gasteiger partial charge < -0.3 is 34.2 Å². The number of H-pyrrole nitrogens is 2. The lowest BCUT2D eigenvalue weighted by molar-refractivity contribution is -0.165. The Morgan fingerprint density at radius 3 is 2.12 bits per heavy atom. The SMILES string of the molecule is C=Cc1c(C)c2cc3nc(c4c5nc(cc6[nH]c(cc1[nH]2)c(C)c6CC)C(C)=C5C1(C4)OCCO1)C(CCC(=O)N[C@@H](CC(=O)OC(C)(C)C)C(=O)OC(C)(C)C)=C3C.